The summed E-state index contributed by atoms with van der Waals surface area (Å²) in [6.07, 6.45) is 1.74. The van der Waals surface area contributed by atoms with E-state index >= 15 is 0 Å². The molecule has 1 aliphatic heterocycles. The van der Waals surface area contributed by atoms with Crippen LogP contribution in [0.25, 0.3) is 0 Å². The monoisotopic (exact) mass is 227 g/mol. The summed E-state index contributed by atoms with van der Waals surface area (Å²) in [6, 6.07) is 0. The van der Waals surface area contributed by atoms with Crippen molar-refractivity contribution in [3.63, 3.8) is 0 Å². The van der Waals surface area contributed by atoms with Crippen LogP contribution in [-0.2, 0) is 4.79 Å². The summed E-state index contributed by atoms with van der Waals surface area (Å²) < 4.78 is 0. The van der Waals surface area contributed by atoms with Crippen LogP contribution in [0, 0.1) is 11.8 Å². The Morgan fingerprint density at radius 3 is 2.94 bits per heavy atom. The van der Waals surface area contributed by atoms with Gasteiger partial charge in [0.05, 0.1) is 5.71 Å². The number of amides is 1. The van der Waals surface area contributed by atoms with E-state index in [1.54, 1.807) is 0 Å². The fourth-order valence-electron chi connectivity index (χ4n) is 2.12. The zero-order valence-electron chi connectivity index (χ0n) is 10.0. The van der Waals surface area contributed by atoms with Gasteiger partial charge in [-0.15, -0.1) is 0 Å². The van der Waals surface area contributed by atoms with Gasteiger partial charge in [-0.1, -0.05) is 19.0 Å². The van der Waals surface area contributed by atoms with Crippen molar-refractivity contribution in [2.24, 2.45) is 22.7 Å². The second-order valence-corrected chi connectivity index (χ2v) is 4.51. The minimum Gasteiger partial charge on any atom is -0.411 e. The molecule has 0 saturated carbocycles. The number of carbonyl (C=O) groups excluding carboxylic acids is 1. The van der Waals surface area contributed by atoms with E-state index in [1.807, 2.05) is 6.92 Å². The summed E-state index contributed by atoms with van der Waals surface area (Å²) in [4.78, 5) is 13.2. The number of likely N-dealkylation sites (tertiary alicyclic amines) is 1. The molecule has 1 fully saturated rings. The van der Waals surface area contributed by atoms with Crippen LogP contribution in [0.15, 0.2) is 5.16 Å². The van der Waals surface area contributed by atoms with Crippen molar-refractivity contribution in [1.82, 2.24) is 4.90 Å². The largest absolute Gasteiger partial charge is 0.411 e. The normalized spacial score (nSPS) is 26.9. The maximum atomic E-state index is 11.0. The highest BCUT2D eigenvalue weighted by molar-refractivity contribution is 5.87. The van der Waals surface area contributed by atoms with E-state index in [1.165, 1.54) is 0 Å². The molecule has 1 heterocycles. The third-order valence-corrected chi connectivity index (χ3v) is 3.27. The van der Waals surface area contributed by atoms with Crippen LogP contribution < -0.4 is 5.73 Å². The first kappa shape index (κ1) is 13.0. The third kappa shape index (κ3) is 3.20. The lowest BCUT2D eigenvalue weighted by Gasteiger charge is -2.33. The Balaban J connectivity index is 2.51. The molecule has 2 unspecified atom stereocenters. The fourth-order valence-corrected chi connectivity index (χ4v) is 2.12. The predicted molar refractivity (Wildman–Crippen MR) is 62.4 cm³/mol. The lowest BCUT2D eigenvalue weighted by molar-refractivity contribution is -0.121. The van der Waals surface area contributed by atoms with Crippen LogP contribution in [0.3, 0.4) is 0 Å². The number of piperidine rings is 1. The Kier molecular flexibility index (Phi) is 4.73. The van der Waals surface area contributed by atoms with Gasteiger partial charge in [-0.05, 0) is 6.42 Å². The van der Waals surface area contributed by atoms with Crippen molar-refractivity contribution < 1.29 is 10.0 Å². The molecule has 0 radical (unpaired) electrons. The highest BCUT2D eigenvalue weighted by Gasteiger charge is 2.26. The maximum Gasteiger partial charge on any atom is 0.221 e. The van der Waals surface area contributed by atoms with Gasteiger partial charge in [0.25, 0.3) is 0 Å². The predicted octanol–water partition coefficient (Wildman–Crippen LogP) is 0.670. The van der Waals surface area contributed by atoms with E-state index in [4.69, 9.17) is 10.9 Å². The summed E-state index contributed by atoms with van der Waals surface area (Å²) in [5.41, 5.74) is 6.12. The number of hydrogen-bond donors (Lipinski definition) is 2. The van der Waals surface area contributed by atoms with Crippen molar-refractivity contribution in [1.29, 1.82) is 0 Å². The third-order valence-electron chi connectivity index (χ3n) is 3.27. The molecule has 92 valence electrons. The molecule has 0 aromatic rings. The number of nitrogens with two attached hydrogens (primary N) is 1. The minimum atomic E-state index is -0.255. The first-order chi connectivity index (χ1) is 7.58. The quantitative estimate of drug-likeness (QED) is 0.547. The van der Waals surface area contributed by atoms with Gasteiger partial charge in [-0.2, -0.15) is 0 Å². The van der Waals surface area contributed by atoms with Gasteiger partial charge >= 0.3 is 0 Å². The molecule has 1 saturated heterocycles. The number of nitrogens with zero attached hydrogens (tertiary/aromatic N) is 2. The van der Waals surface area contributed by atoms with Gasteiger partial charge in [0.15, 0.2) is 0 Å². The number of carbonyl (C=O) groups is 1. The molecule has 0 aromatic carbocycles. The Labute approximate surface area is 96.3 Å². The summed E-state index contributed by atoms with van der Waals surface area (Å²) >= 11 is 0. The molecule has 3 N–H and O–H groups in total. The first-order valence-electron chi connectivity index (χ1n) is 5.81. The van der Waals surface area contributed by atoms with Crippen molar-refractivity contribution in [2.75, 3.05) is 19.6 Å². The maximum absolute atomic E-state index is 11.0. The molecule has 0 bridgehead atoms. The second-order valence-electron chi connectivity index (χ2n) is 4.51. The molecule has 1 amide bonds. The van der Waals surface area contributed by atoms with Crippen LogP contribution in [0.1, 0.15) is 26.7 Å². The first-order valence-corrected chi connectivity index (χ1v) is 5.81. The Morgan fingerprint density at radius 1 is 1.75 bits per heavy atom. The van der Waals surface area contributed by atoms with E-state index in [9.17, 15) is 4.79 Å². The van der Waals surface area contributed by atoms with Gasteiger partial charge in [0.2, 0.25) is 5.91 Å². The zero-order valence-corrected chi connectivity index (χ0v) is 10.0. The minimum absolute atomic E-state index is 0.120. The Morgan fingerprint density at radius 2 is 2.44 bits per heavy atom. The van der Waals surface area contributed by atoms with E-state index in [0.29, 0.717) is 12.5 Å². The fraction of sp³-hybridized carbons (Fsp3) is 0.818. The number of hydrogen-bond acceptors (Lipinski definition) is 4. The van der Waals surface area contributed by atoms with Crippen molar-refractivity contribution in [3.05, 3.63) is 0 Å². The van der Waals surface area contributed by atoms with Gasteiger partial charge < -0.3 is 15.8 Å². The summed E-state index contributed by atoms with van der Waals surface area (Å²) in [7, 11) is 0. The van der Waals surface area contributed by atoms with Crippen molar-refractivity contribution >= 4 is 11.6 Å². The van der Waals surface area contributed by atoms with E-state index in [0.717, 1.165) is 31.6 Å². The molecule has 1 rings (SSSR count). The summed E-state index contributed by atoms with van der Waals surface area (Å²) in [6.45, 7) is 6.32. The van der Waals surface area contributed by atoms with Gasteiger partial charge in [-0.3, -0.25) is 4.79 Å². The lowest BCUT2D eigenvalue weighted by atomic mass is 9.92. The summed E-state index contributed by atoms with van der Waals surface area (Å²) in [5, 5.41) is 12.2. The van der Waals surface area contributed by atoms with E-state index in [2.05, 4.69) is 17.0 Å². The van der Waals surface area contributed by atoms with Crippen LogP contribution in [0.4, 0.5) is 0 Å². The summed E-state index contributed by atoms with van der Waals surface area (Å²) in [5.74, 6) is -0.0707. The van der Waals surface area contributed by atoms with Gasteiger partial charge in [0.1, 0.15) is 0 Å². The van der Waals surface area contributed by atoms with Crippen LogP contribution in [-0.4, -0.2) is 41.4 Å². The molecule has 5 heteroatoms. The van der Waals surface area contributed by atoms with E-state index in [-0.39, 0.29) is 11.8 Å². The molecule has 5 nitrogen and oxygen atoms in total. The topological polar surface area (TPSA) is 78.9 Å². The Hall–Kier alpha value is -1.10. The second kappa shape index (κ2) is 5.84. The van der Waals surface area contributed by atoms with Crippen molar-refractivity contribution in [3.8, 4) is 0 Å². The standard InChI is InChI=1S/C11H21N3O2/c1-3-9-7-14(5-4-10(9)13-16)6-8(2)11(12)15/h8-9,16H,3-7H2,1-2H3,(H2,12,15). The molecule has 2 atom stereocenters. The molecule has 1 aliphatic rings. The van der Waals surface area contributed by atoms with E-state index < -0.39 is 0 Å². The number of oxime groups is 1. The smallest absolute Gasteiger partial charge is 0.221 e. The molecule has 0 spiro atoms. The van der Waals surface area contributed by atoms with Gasteiger partial charge in [0, 0.05) is 37.9 Å². The lowest BCUT2D eigenvalue weighted by Crippen LogP contribution is -2.44. The zero-order chi connectivity index (χ0) is 12.1. The molecular weight excluding hydrogens is 206 g/mol. The average Bonchev–Trinajstić information content (AvgIpc) is 2.28. The SMILES string of the molecule is CCC1CN(CC(C)C(N)=O)CCC1=NO. The molecule has 0 aliphatic carbocycles. The van der Waals surface area contributed by atoms with Crippen LogP contribution >= 0.6 is 0 Å². The highest BCUT2D eigenvalue weighted by atomic mass is 16.4. The van der Waals surface area contributed by atoms with Crippen LogP contribution in [0.2, 0.25) is 0 Å². The average molecular weight is 227 g/mol. The van der Waals surface area contributed by atoms with Crippen LogP contribution in [0.5, 0.6) is 0 Å². The van der Waals surface area contributed by atoms with Crippen molar-refractivity contribution in [2.45, 2.75) is 26.7 Å². The molecule has 0 aromatic heterocycles. The Bertz CT molecular complexity index is 278. The number of primary amides is 1. The highest BCUT2D eigenvalue weighted by Crippen LogP contribution is 2.18. The molecule has 16 heavy (non-hydrogen) atoms. The number of rotatable bonds is 4. The molecular formula is C11H21N3O2. The van der Waals surface area contributed by atoms with Gasteiger partial charge in [-0.25, -0.2) is 0 Å².